The summed E-state index contributed by atoms with van der Waals surface area (Å²) in [6.45, 7) is 1.89. The molecule has 0 atom stereocenters. The van der Waals surface area contributed by atoms with Crippen LogP contribution in [-0.2, 0) is 16.0 Å². The smallest absolute Gasteiger partial charge is 0.262 e. The Labute approximate surface area is 144 Å². The van der Waals surface area contributed by atoms with Gasteiger partial charge < -0.3 is 0 Å². The van der Waals surface area contributed by atoms with Gasteiger partial charge in [-0.1, -0.05) is 35.9 Å². The number of halogens is 2. The molecular weight excluding hydrogens is 331 g/mol. The summed E-state index contributed by atoms with van der Waals surface area (Å²) in [5, 5.41) is 0.616. The second-order valence-corrected chi connectivity index (χ2v) is 5.59. The first-order chi connectivity index (χ1) is 11.4. The lowest BCUT2D eigenvalue weighted by Gasteiger charge is -2.05. The Hall–Kier alpha value is -2.66. The monoisotopic (exact) mass is 346 g/mol. The molecule has 2 aromatic rings. The Morgan fingerprint density at radius 1 is 1.12 bits per heavy atom. The number of rotatable bonds is 4. The van der Waals surface area contributed by atoms with E-state index < -0.39 is 11.8 Å². The summed E-state index contributed by atoms with van der Waals surface area (Å²) >= 11 is 6.00. The fourth-order valence-corrected chi connectivity index (χ4v) is 2.08. The molecular formula is C18H16ClFN2O2. The van der Waals surface area contributed by atoms with Crippen molar-refractivity contribution in [2.75, 3.05) is 0 Å². The highest BCUT2D eigenvalue weighted by Crippen LogP contribution is 2.17. The summed E-state index contributed by atoms with van der Waals surface area (Å²) in [6, 6.07) is 11.0. The molecule has 0 bridgehead atoms. The normalized spacial score (nSPS) is 10.6. The van der Waals surface area contributed by atoms with Gasteiger partial charge in [0.05, 0.1) is 6.42 Å². The molecule has 0 unspecified atom stereocenters. The molecule has 0 aliphatic heterocycles. The standard InChI is InChI=1S/C18H16ClFN2O2/c1-12-2-3-13(10-16(12)19)6-9-17(23)21-22-18(24)11-14-4-7-15(20)8-5-14/h2-10H,11H2,1H3,(H,21,23)(H,22,24)/b9-6+. The van der Waals surface area contributed by atoms with Gasteiger partial charge in [-0.2, -0.15) is 0 Å². The molecule has 0 aromatic heterocycles. The van der Waals surface area contributed by atoms with Gasteiger partial charge in [-0.25, -0.2) is 4.39 Å². The lowest BCUT2D eigenvalue weighted by molar-refractivity contribution is -0.126. The van der Waals surface area contributed by atoms with E-state index in [1.54, 1.807) is 12.1 Å². The molecule has 24 heavy (non-hydrogen) atoms. The topological polar surface area (TPSA) is 58.2 Å². The average Bonchev–Trinajstić information content (AvgIpc) is 2.56. The van der Waals surface area contributed by atoms with Gasteiger partial charge in [0.25, 0.3) is 5.91 Å². The summed E-state index contributed by atoms with van der Waals surface area (Å²) < 4.78 is 12.8. The minimum atomic E-state index is -0.473. The molecule has 2 rings (SSSR count). The zero-order valence-corrected chi connectivity index (χ0v) is 13.7. The number of hydrazine groups is 1. The predicted octanol–water partition coefficient (Wildman–Crippen LogP) is 3.19. The number of carbonyl (C=O) groups excluding carboxylic acids is 2. The van der Waals surface area contributed by atoms with E-state index in [-0.39, 0.29) is 12.2 Å². The number of hydrogen-bond acceptors (Lipinski definition) is 2. The number of hydrogen-bond donors (Lipinski definition) is 2. The van der Waals surface area contributed by atoms with Gasteiger partial charge in [0.1, 0.15) is 5.82 Å². The fraction of sp³-hybridized carbons (Fsp3) is 0.111. The highest BCUT2D eigenvalue weighted by Gasteiger charge is 2.04. The molecule has 0 heterocycles. The molecule has 2 aromatic carbocycles. The Balaban J connectivity index is 1.81. The maximum atomic E-state index is 12.8. The molecule has 4 nitrogen and oxygen atoms in total. The first-order valence-electron chi connectivity index (χ1n) is 7.21. The van der Waals surface area contributed by atoms with Gasteiger partial charge in [-0.15, -0.1) is 0 Å². The van der Waals surface area contributed by atoms with Crippen molar-refractivity contribution in [3.63, 3.8) is 0 Å². The van der Waals surface area contributed by atoms with E-state index in [1.807, 2.05) is 19.1 Å². The molecule has 0 aliphatic carbocycles. The molecule has 0 aliphatic rings. The average molecular weight is 347 g/mol. The molecule has 0 saturated heterocycles. The summed E-state index contributed by atoms with van der Waals surface area (Å²) in [7, 11) is 0. The largest absolute Gasteiger partial charge is 0.273 e. The maximum Gasteiger partial charge on any atom is 0.262 e. The lowest BCUT2D eigenvalue weighted by atomic mass is 10.1. The molecule has 124 valence electrons. The van der Waals surface area contributed by atoms with Crippen LogP contribution in [0.1, 0.15) is 16.7 Å². The van der Waals surface area contributed by atoms with Crippen LogP contribution in [0.3, 0.4) is 0 Å². The van der Waals surface area contributed by atoms with Crippen molar-refractivity contribution in [3.05, 3.63) is 76.1 Å². The van der Waals surface area contributed by atoms with Crippen LogP contribution < -0.4 is 10.9 Å². The van der Waals surface area contributed by atoms with Crippen molar-refractivity contribution >= 4 is 29.5 Å². The second kappa shape index (κ2) is 8.26. The van der Waals surface area contributed by atoms with Gasteiger partial charge in [0, 0.05) is 11.1 Å². The number of amides is 2. The van der Waals surface area contributed by atoms with Crippen LogP contribution in [0, 0.1) is 12.7 Å². The van der Waals surface area contributed by atoms with Crippen molar-refractivity contribution in [1.82, 2.24) is 10.9 Å². The van der Waals surface area contributed by atoms with Crippen LogP contribution >= 0.6 is 11.6 Å². The Kier molecular flexibility index (Phi) is 6.09. The van der Waals surface area contributed by atoms with Crippen molar-refractivity contribution in [1.29, 1.82) is 0 Å². The Morgan fingerprint density at radius 2 is 1.83 bits per heavy atom. The number of carbonyl (C=O) groups is 2. The summed E-state index contributed by atoms with van der Waals surface area (Å²) in [5.41, 5.74) is 6.94. The molecule has 0 saturated carbocycles. The molecule has 6 heteroatoms. The molecule has 2 N–H and O–H groups in total. The SMILES string of the molecule is Cc1ccc(/C=C/C(=O)NNC(=O)Cc2ccc(F)cc2)cc1Cl. The van der Waals surface area contributed by atoms with Crippen LogP contribution in [0.4, 0.5) is 4.39 Å². The number of nitrogens with one attached hydrogen (secondary N) is 2. The highest BCUT2D eigenvalue weighted by atomic mass is 35.5. The van der Waals surface area contributed by atoms with Crippen LogP contribution in [0.25, 0.3) is 6.08 Å². The first-order valence-corrected chi connectivity index (χ1v) is 7.59. The zero-order valence-electron chi connectivity index (χ0n) is 13.0. The van der Waals surface area contributed by atoms with E-state index in [1.165, 1.54) is 30.3 Å². The van der Waals surface area contributed by atoms with Crippen LogP contribution in [0.5, 0.6) is 0 Å². The van der Waals surface area contributed by atoms with Gasteiger partial charge >= 0.3 is 0 Å². The van der Waals surface area contributed by atoms with Crippen molar-refractivity contribution in [2.45, 2.75) is 13.3 Å². The Bertz CT molecular complexity index is 773. The molecule has 2 amide bonds. The maximum absolute atomic E-state index is 12.8. The summed E-state index contributed by atoms with van der Waals surface area (Å²) in [6.07, 6.45) is 2.92. The van der Waals surface area contributed by atoms with Crippen molar-refractivity contribution in [3.8, 4) is 0 Å². The molecule has 0 spiro atoms. The first kappa shape index (κ1) is 17.7. The van der Waals surface area contributed by atoms with Crippen LogP contribution in [0.15, 0.2) is 48.5 Å². The number of aryl methyl sites for hydroxylation is 1. The zero-order chi connectivity index (χ0) is 17.5. The third-order valence-corrected chi connectivity index (χ3v) is 3.63. The third kappa shape index (κ3) is 5.52. The van der Waals surface area contributed by atoms with E-state index in [9.17, 15) is 14.0 Å². The van der Waals surface area contributed by atoms with Gasteiger partial charge in [-0.05, 0) is 47.9 Å². The van der Waals surface area contributed by atoms with E-state index in [0.29, 0.717) is 10.6 Å². The van der Waals surface area contributed by atoms with Crippen LogP contribution in [-0.4, -0.2) is 11.8 Å². The summed E-state index contributed by atoms with van der Waals surface area (Å²) in [5.74, 6) is -1.24. The van der Waals surface area contributed by atoms with E-state index >= 15 is 0 Å². The van der Waals surface area contributed by atoms with E-state index in [4.69, 9.17) is 11.6 Å². The molecule has 0 fully saturated rings. The molecule has 0 radical (unpaired) electrons. The van der Waals surface area contributed by atoms with E-state index in [0.717, 1.165) is 11.1 Å². The predicted molar refractivity (Wildman–Crippen MR) is 91.6 cm³/mol. The van der Waals surface area contributed by atoms with E-state index in [2.05, 4.69) is 10.9 Å². The van der Waals surface area contributed by atoms with Crippen molar-refractivity contribution < 1.29 is 14.0 Å². The van der Waals surface area contributed by atoms with Gasteiger partial charge in [-0.3, -0.25) is 20.4 Å². The minimum Gasteiger partial charge on any atom is -0.273 e. The number of benzene rings is 2. The van der Waals surface area contributed by atoms with Gasteiger partial charge in [0.2, 0.25) is 5.91 Å². The lowest BCUT2D eigenvalue weighted by Crippen LogP contribution is -2.41. The van der Waals surface area contributed by atoms with Crippen molar-refractivity contribution in [2.24, 2.45) is 0 Å². The fourth-order valence-electron chi connectivity index (χ4n) is 1.89. The highest BCUT2D eigenvalue weighted by molar-refractivity contribution is 6.31. The summed E-state index contributed by atoms with van der Waals surface area (Å²) in [4.78, 5) is 23.4. The van der Waals surface area contributed by atoms with Crippen LogP contribution in [0.2, 0.25) is 5.02 Å². The second-order valence-electron chi connectivity index (χ2n) is 5.18. The third-order valence-electron chi connectivity index (χ3n) is 3.23. The quantitative estimate of drug-likeness (QED) is 0.660. The minimum absolute atomic E-state index is 0.0395. The van der Waals surface area contributed by atoms with Gasteiger partial charge in [0.15, 0.2) is 0 Å². The Morgan fingerprint density at radius 3 is 2.50 bits per heavy atom.